The summed E-state index contributed by atoms with van der Waals surface area (Å²) in [6.45, 7) is 2.03. The van der Waals surface area contributed by atoms with Crippen molar-refractivity contribution in [2.24, 2.45) is 0 Å². The summed E-state index contributed by atoms with van der Waals surface area (Å²) in [6, 6.07) is 16.5. The minimum atomic E-state index is -1.01. The molecule has 0 aliphatic heterocycles. The van der Waals surface area contributed by atoms with Crippen molar-refractivity contribution in [2.45, 2.75) is 13.3 Å². The van der Waals surface area contributed by atoms with E-state index in [-0.39, 0.29) is 5.57 Å². The minimum absolute atomic E-state index is 0.136. The second-order valence-electron chi connectivity index (χ2n) is 4.28. The molecule has 0 heterocycles. The van der Waals surface area contributed by atoms with E-state index in [0.717, 1.165) is 12.0 Å². The Kier molecular flexibility index (Phi) is 4.56. The number of carboxylic acid groups (broad SMARTS) is 1. The maximum Gasteiger partial charge on any atom is 0.339 e. The Bertz CT molecular complexity index is 615. The van der Waals surface area contributed by atoms with Crippen LogP contribution >= 0.6 is 0 Å². The summed E-state index contributed by atoms with van der Waals surface area (Å²) < 4.78 is 5.56. The number of para-hydroxylation sites is 1. The van der Waals surface area contributed by atoms with Gasteiger partial charge in [-0.05, 0) is 23.6 Å². The zero-order chi connectivity index (χ0) is 14.4. The highest BCUT2D eigenvalue weighted by Gasteiger charge is 2.11. The Morgan fingerprint density at radius 1 is 1.10 bits per heavy atom. The van der Waals surface area contributed by atoms with Gasteiger partial charge in [0.05, 0.1) is 0 Å². The Labute approximate surface area is 118 Å². The van der Waals surface area contributed by atoms with Gasteiger partial charge in [-0.25, -0.2) is 4.79 Å². The number of hydrogen-bond acceptors (Lipinski definition) is 2. The van der Waals surface area contributed by atoms with Crippen molar-refractivity contribution in [3.05, 3.63) is 72.0 Å². The highest BCUT2D eigenvalue weighted by Crippen LogP contribution is 2.21. The normalized spacial score (nSPS) is 11.2. The van der Waals surface area contributed by atoms with E-state index in [9.17, 15) is 9.90 Å². The Hall–Kier alpha value is -2.55. The van der Waals surface area contributed by atoms with E-state index in [1.54, 1.807) is 24.3 Å². The molecule has 0 bridgehead atoms. The van der Waals surface area contributed by atoms with Crippen molar-refractivity contribution in [1.82, 2.24) is 0 Å². The maximum absolute atomic E-state index is 11.3. The van der Waals surface area contributed by atoms with Crippen molar-refractivity contribution >= 4 is 11.5 Å². The predicted molar refractivity (Wildman–Crippen MR) is 78.5 cm³/mol. The zero-order valence-electron chi connectivity index (χ0n) is 11.2. The van der Waals surface area contributed by atoms with E-state index < -0.39 is 5.97 Å². The van der Waals surface area contributed by atoms with Gasteiger partial charge in [-0.15, -0.1) is 0 Å². The van der Waals surface area contributed by atoms with Gasteiger partial charge < -0.3 is 9.84 Å². The van der Waals surface area contributed by atoms with Crippen molar-refractivity contribution in [3.8, 4) is 5.75 Å². The molecule has 2 aromatic carbocycles. The van der Waals surface area contributed by atoms with Crippen molar-refractivity contribution in [1.29, 1.82) is 0 Å². The smallest absolute Gasteiger partial charge is 0.339 e. The first-order valence-electron chi connectivity index (χ1n) is 6.45. The lowest BCUT2D eigenvalue weighted by molar-refractivity contribution is -0.130. The van der Waals surface area contributed by atoms with E-state index in [0.29, 0.717) is 11.3 Å². The lowest BCUT2D eigenvalue weighted by Crippen LogP contribution is -2.02. The van der Waals surface area contributed by atoms with Crippen LogP contribution in [0.4, 0.5) is 0 Å². The molecule has 0 unspecified atom stereocenters. The monoisotopic (exact) mass is 268 g/mol. The molecule has 0 aliphatic rings. The Morgan fingerprint density at radius 2 is 1.75 bits per heavy atom. The molecule has 0 aromatic heterocycles. The SMILES string of the molecule is CCc1ccccc1OC=C(C(=O)O)c1ccccc1. The number of carbonyl (C=O) groups is 1. The quantitative estimate of drug-likeness (QED) is 0.663. The van der Waals surface area contributed by atoms with Crippen LogP contribution in [0, 0.1) is 0 Å². The fourth-order valence-corrected chi connectivity index (χ4v) is 1.89. The number of ether oxygens (including phenoxy) is 1. The van der Waals surface area contributed by atoms with Gasteiger partial charge in [0.1, 0.15) is 17.6 Å². The summed E-state index contributed by atoms with van der Waals surface area (Å²) in [7, 11) is 0. The van der Waals surface area contributed by atoms with Crippen LogP contribution in [0.3, 0.4) is 0 Å². The van der Waals surface area contributed by atoms with Gasteiger partial charge in [0.25, 0.3) is 0 Å². The Morgan fingerprint density at radius 3 is 2.40 bits per heavy atom. The summed E-state index contributed by atoms with van der Waals surface area (Å²) in [4.78, 5) is 11.3. The maximum atomic E-state index is 11.3. The van der Waals surface area contributed by atoms with Crippen molar-refractivity contribution in [3.63, 3.8) is 0 Å². The van der Waals surface area contributed by atoms with E-state index in [1.807, 2.05) is 37.3 Å². The largest absolute Gasteiger partial charge is 0.478 e. The van der Waals surface area contributed by atoms with Gasteiger partial charge in [-0.2, -0.15) is 0 Å². The van der Waals surface area contributed by atoms with Crippen LogP contribution in [0.5, 0.6) is 5.75 Å². The number of hydrogen-bond donors (Lipinski definition) is 1. The molecule has 0 amide bonds. The topological polar surface area (TPSA) is 46.5 Å². The van der Waals surface area contributed by atoms with E-state index in [1.165, 1.54) is 6.26 Å². The minimum Gasteiger partial charge on any atom is -0.478 e. The highest BCUT2D eigenvalue weighted by atomic mass is 16.5. The molecule has 2 aromatic rings. The van der Waals surface area contributed by atoms with Crippen LogP contribution in [-0.2, 0) is 11.2 Å². The first-order chi connectivity index (χ1) is 9.72. The lowest BCUT2D eigenvalue weighted by Gasteiger charge is -2.08. The molecule has 0 aliphatic carbocycles. The molecular formula is C17H16O3. The summed E-state index contributed by atoms with van der Waals surface area (Å²) in [5, 5.41) is 9.28. The number of carboxylic acids is 1. The molecule has 0 saturated heterocycles. The van der Waals surface area contributed by atoms with Gasteiger partial charge >= 0.3 is 5.97 Å². The van der Waals surface area contributed by atoms with Gasteiger partial charge in [-0.1, -0.05) is 55.5 Å². The lowest BCUT2D eigenvalue weighted by atomic mass is 10.1. The molecule has 0 fully saturated rings. The van der Waals surface area contributed by atoms with Crippen LogP contribution in [0.2, 0.25) is 0 Å². The van der Waals surface area contributed by atoms with Gasteiger partial charge in [-0.3, -0.25) is 0 Å². The fraction of sp³-hybridized carbons (Fsp3) is 0.118. The van der Waals surface area contributed by atoms with Crippen molar-refractivity contribution in [2.75, 3.05) is 0 Å². The third-order valence-electron chi connectivity index (χ3n) is 2.97. The summed E-state index contributed by atoms with van der Waals surface area (Å²) in [5.41, 5.74) is 1.80. The molecule has 2 rings (SSSR count). The van der Waals surface area contributed by atoms with Crippen LogP contribution in [0.15, 0.2) is 60.9 Å². The molecule has 1 N–H and O–H groups in total. The average molecular weight is 268 g/mol. The predicted octanol–water partition coefficient (Wildman–Crippen LogP) is 3.75. The van der Waals surface area contributed by atoms with Crippen LogP contribution < -0.4 is 4.74 Å². The first-order valence-corrected chi connectivity index (χ1v) is 6.45. The molecule has 0 saturated carbocycles. The molecule has 20 heavy (non-hydrogen) atoms. The molecular weight excluding hydrogens is 252 g/mol. The standard InChI is InChI=1S/C17H16O3/c1-2-13-8-6-7-11-16(13)20-12-15(17(18)19)14-9-4-3-5-10-14/h3-12H,2H2,1H3,(H,18,19). The zero-order valence-corrected chi connectivity index (χ0v) is 11.2. The Balaban J connectivity index is 2.29. The van der Waals surface area contributed by atoms with Gasteiger partial charge in [0, 0.05) is 0 Å². The average Bonchev–Trinajstić information content (AvgIpc) is 2.48. The molecule has 3 nitrogen and oxygen atoms in total. The van der Waals surface area contributed by atoms with Crippen molar-refractivity contribution < 1.29 is 14.6 Å². The molecule has 0 spiro atoms. The second kappa shape index (κ2) is 6.57. The number of aryl methyl sites for hydroxylation is 1. The number of benzene rings is 2. The third-order valence-corrected chi connectivity index (χ3v) is 2.97. The molecule has 0 radical (unpaired) electrons. The van der Waals surface area contributed by atoms with Crippen LogP contribution in [-0.4, -0.2) is 11.1 Å². The van der Waals surface area contributed by atoms with Gasteiger partial charge in [0.2, 0.25) is 0 Å². The van der Waals surface area contributed by atoms with Gasteiger partial charge in [0.15, 0.2) is 0 Å². The summed E-state index contributed by atoms with van der Waals surface area (Å²) in [6.07, 6.45) is 2.13. The molecule has 102 valence electrons. The van der Waals surface area contributed by atoms with Crippen LogP contribution in [0.25, 0.3) is 5.57 Å². The second-order valence-corrected chi connectivity index (χ2v) is 4.28. The highest BCUT2D eigenvalue weighted by molar-refractivity contribution is 6.15. The third kappa shape index (κ3) is 3.26. The molecule has 3 heteroatoms. The summed E-state index contributed by atoms with van der Waals surface area (Å²) in [5.74, 6) is -0.324. The van der Waals surface area contributed by atoms with E-state index in [2.05, 4.69) is 0 Å². The number of rotatable bonds is 5. The number of aliphatic carboxylic acids is 1. The van der Waals surface area contributed by atoms with E-state index in [4.69, 9.17) is 4.74 Å². The molecule has 0 atom stereocenters. The first kappa shape index (κ1) is 13.9. The van der Waals surface area contributed by atoms with Crippen LogP contribution in [0.1, 0.15) is 18.1 Å². The summed E-state index contributed by atoms with van der Waals surface area (Å²) >= 11 is 0. The van der Waals surface area contributed by atoms with E-state index >= 15 is 0 Å². The fourth-order valence-electron chi connectivity index (χ4n) is 1.89.